The second-order valence-corrected chi connectivity index (χ2v) is 19.3. The number of carbonyl (C=O) groups excluding carboxylic acids is 4. The van der Waals surface area contributed by atoms with Crippen molar-refractivity contribution in [3.63, 3.8) is 0 Å². The Labute approximate surface area is 429 Å². The van der Waals surface area contributed by atoms with Crippen molar-refractivity contribution in [1.82, 2.24) is 10.6 Å². The average Bonchev–Trinajstić information content (AvgIpc) is 3.31. The van der Waals surface area contributed by atoms with Crippen LogP contribution in [-0.4, -0.2) is 116 Å². The van der Waals surface area contributed by atoms with Crippen molar-refractivity contribution in [3.05, 3.63) is 64.7 Å². The van der Waals surface area contributed by atoms with Gasteiger partial charge in [-0.05, 0) is 87.9 Å². The van der Waals surface area contributed by atoms with Crippen molar-refractivity contribution in [2.45, 2.75) is 87.8 Å². The molecule has 2 amide bonds. The van der Waals surface area contributed by atoms with E-state index in [2.05, 4.69) is 31.9 Å². The van der Waals surface area contributed by atoms with E-state index >= 15 is 0 Å². The molecule has 24 N–H and O–H groups in total. The van der Waals surface area contributed by atoms with Gasteiger partial charge in [-0.1, -0.05) is 13.8 Å². The summed E-state index contributed by atoms with van der Waals surface area (Å²) in [6, 6.07) is 8.83. The topological polar surface area (TPSA) is 436 Å². The van der Waals surface area contributed by atoms with Crippen LogP contribution in [0.3, 0.4) is 0 Å². The molecule has 0 saturated carbocycles. The third-order valence-corrected chi connectivity index (χ3v) is 12.3. The van der Waals surface area contributed by atoms with Gasteiger partial charge in [0.2, 0.25) is 0 Å². The Morgan fingerprint density at radius 2 is 1.03 bits per heavy atom. The summed E-state index contributed by atoms with van der Waals surface area (Å²) in [5, 5.41) is 49.8. The monoisotopic (exact) mass is 1040 g/mol. The summed E-state index contributed by atoms with van der Waals surface area (Å²) in [6.07, 6.45) is 1.45. The zero-order chi connectivity index (χ0) is 53.5. The summed E-state index contributed by atoms with van der Waals surface area (Å²) in [5.74, 6) is -1.88. The molecule has 2 atom stereocenters. The van der Waals surface area contributed by atoms with Crippen molar-refractivity contribution in [2.75, 3.05) is 72.1 Å². The second-order valence-electron chi connectivity index (χ2n) is 17.1. The van der Waals surface area contributed by atoms with Crippen LogP contribution in [0.1, 0.15) is 101 Å². The predicted molar refractivity (Wildman–Crippen MR) is 291 cm³/mol. The fraction of sp³-hybridized carbons (Fsp3) is 0.447. The van der Waals surface area contributed by atoms with Crippen LogP contribution in [0.2, 0.25) is 0 Å². The van der Waals surface area contributed by atoms with Gasteiger partial charge < -0.3 is 81.5 Å². The second kappa shape index (κ2) is 30.4. The minimum atomic E-state index is -0.776. The first-order valence-electron chi connectivity index (χ1n) is 23.4. The van der Waals surface area contributed by atoms with Crippen LogP contribution >= 0.6 is 23.5 Å². The summed E-state index contributed by atoms with van der Waals surface area (Å²) in [5.41, 5.74) is 42.5. The number of ketones is 1. The number of nitrogens with one attached hydrogen (secondary N) is 10. The molecule has 3 aromatic carbocycles. The fourth-order valence-electron chi connectivity index (χ4n) is 6.68. The van der Waals surface area contributed by atoms with Crippen molar-refractivity contribution >= 4 is 93.4 Å². The van der Waals surface area contributed by atoms with Gasteiger partial charge in [-0.15, -0.1) is 23.5 Å². The fourth-order valence-corrected chi connectivity index (χ4v) is 8.38. The lowest BCUT2D eigenvalue weighted by molar-refractivity contribution is 0.0377. The molecule has 0 radical (unpaired) electrons. The highest BCUT2D eigenvalue weighted by molar-refractivity contribution is 7.99. The number of hydrogen-bond acceptors (Lipinski definition) is 17. The van der Waals surface area contributed by atoms with Gasteiger partial charge in [0.15, 0.2) is 17.7 Å². The lowest BCUT2D eigenvalue weighted by atomic mass is 10.00. The molecule has 0 aliphatic rings. The molecule has 0 spiro atoms. The molecule has 0 fully saturated rings. The summed E-state index contributed by atoms with van der Waals surface area (Å²) in [7, 11) is 0. The van der Waals surface area contributed by atoms with Crippen molar-refractivity contribution < 1.29 is 28.7 Å². The van der Waals surface area contributed by atoms with Crippen LogP contribution in [0.4, 0.5) is 22.7 Å². The number of hydrogen-bond donors (Lipinski definition) is 17. The summed E-state index contributed by atoms with van der Waals surface area (Å²) >= 11 is 2.54. The van der Waals surface area contributed by atoms with E-state index in [1.165, 1.54) is 53.9 Å². The Bertz CT molecular complexity index is 2250. The Balaban J connectivity index is 2.15. The number of anilines is 4. The lowest BCUT2D eigenvalue weighted by Crippen LogP contribution is -2.37. The van der Waals surface area contributed by atoms with Gasteiger partial charge >= 0.3 is 5.97 Å². The highest BCUT2D eigenvalue weighted by atomic mass is 32.2. The summed E-state index contributed by atoms with van der Waals surface area (Å²) < 4.78 is 11.4. The molecule has 0 unspecified atom stereocenters. The molecule has 0 aliphatic heterocycles. The van der Waals surface area contributed by atoms with Crippen LogP contribution in [0, 0.1) is 27.6 Å². The Hall–Kier alpha value is -6.48. The third-order valence-electron chi connectivity index (χ3n) is 10.0. The van der Waals surface area contributed by atoms with Crippen molar-refractivity contribution in [2.24, 2.45) is 46.1 Å². The number of esters is 1. The third kappa shape index (κ3) is 20.0. The molecular weight excluding hydrogens is 963 g/mol. The van der Waals surface area contributed by atoms with Gasteiger partial charge in [-0.3, -0.25) is 36.0 Å². The molecule has 0 heterocycles. The zero-order valence-corrected chi connectivity index (χ0v) is 43.0. The van der Waals surface area contributed by atoms with E-state index in [4.69, 9.17) is 71.2 Å². The number of benzene rings is 3. The van der Waals surface area contributed by atoms with Crippen LogP contribution in [0.15, 0.2) is 52.3 Å². The number of nitrogens with two attached hydrogens (primary N) is 7. The van der Waals surface area contributed by atoms with Gasteiger partial charge in [0.05, 0.1) is 56.3 Å². The average molecular weight is 1040 g/mol. The normalized spacial score (nSPS) is 11.8. The maximum Gasteiger partial charge on any atom is 0.338 e. The van der Waals surface area contributed by atoms with Gasteiger partial charge in [-0.25, -0.2) is 4.79 Å². The molecule has 25 heteroatoms. The van der Waals surface area contributed by atoms with Crippen LogP contribution < -0.4 is 76.8 Å². The van der Waals surface area contributed by atoms with Gasteiger partial charge in [0.1, 0.15) is 24.0 Å². The lowest BCUT2D eigenvalue weighted by Gasteiger charge is -2.22. The van der Waals surface area contributed by atoms with E-state index in [1.54, 1.807) is 26.0 Å². The van der Waals surface area contributed by atoms with E-state index in [0.29, 0.717) is 65.8 Å². The zero-order valence-electron chi connectivity index (χ0n) is 41.4. The molecule has 0 saturated heterocycles. The van der Waals surface area contributed by atoms with Gasteiger partial charge in [0.25, 0.3) is 11.8 Å². The van der Waals surface area contributed by atoms with E-state index in [0.717, 1.165) is 0 Å². The molecule has 0 aromatic heterocycles. The number of amidine groups is 2. The van der Waals surface area contributed by atoms with Crippen LogP contribution in [0.25, 0.3) is 0 Å². The van der Waals surface area contributed by atoms with E-state index in [1.807, 2.05) is 13.8 Å². The van der Waals surface area contributed by atoms with Crippen LogP contribution in [0.5, 0.6) is 5.75 Å². The Morgan fingerprint density at radius 3 is 1.42 bits per heavy atom. The van der Waals surface area contributed by atoms with Crippen molar-refractivity contribution in [3.8, 4) is 5.75 Å². The SMILES string of the molecule is CC(C)CC(=O)c1cc(NC(=N)[C@H](N)CCCNC(=N)N)c(SCCN)c(NC(=O)c2cc(OCCN)cc(C(=O)Nc3cc(C(=O)OC(C)C)cc(NC(=N)[C@H](N)CCCNC(=N)N)c3SCCN)c2)c1. The number of carbonyl (C=O) groups is 4. The molecule has 23 nitrogen and oxygen atoms in total. The predicted octanol–water partition coefficient (Wildman–Crippen LogP) is 3.38. The largest absolute Gasteiger partial charge is 0.492 e. The first-order valence-corrected chi connectivity index (χ1v) is 25.4. The number of thioether (sulfide) groups is 2. The van der Waals surface area contributed by atoms with Crippen LogP contribution in [-0.2, 0) is 4.74 Å². The summed E-state index contributed by atoms with van der Waals surface area (Å²) in [6.45, 7) is 8.60. The molecule has 0 aliphatic carbocycles. The first-order chi connectivity index (χ1) is 34.2. The van der Waals surface area contributed by atoms with E-state index in [9.17, 15) is 19.2 Å². The van der Waals surface area contributed by atoms with Crippen molar-refractivity contribution in [1.29, 1.82) is 21.6 Å². The number of rotatable bonds is 30. The maximum absolute atomic E-state index is 14.5. The molecule has 0 bridgehead atoms. The van der Waals surface area contributed by atoms with E-state index < -0.39 is 36.0 Å². The highest BCUT2D eigenvalue weighted by Gasteiger charge is 2.25. The molecule has 3 rings (SSSR count). The molecule has 3 aromatic rings. The molecular formula is C47H73N17O6S2. The quantitative estimate of drug-likeness (QED) is 0.0114. The number of amides is 2. The first kappa shape index (κ1) is 59.8. The molecule has 394 valence electrons. The standard InChI is InChI=1S/C47H73N17O6S2/c1-25(2)17-38(65)27-21-34(61-41(53)32(51)7-5-12-59-46(55)56)39(71-15-10-49)36(22-27)63-43(66)28-18-29(20-31(19-28)69-14-9-48)44(67)64-37-24-30(45(68)70-26(3)4)23-35(40(37)72-16-11-50)62-42(54)33(52)8-6-13-60-47(57)58/h18-26,32-33H,5-17,48-52H2,1-4H3,(H2,53,61)(H2,54,62)(H,63,66)(H,64,67)(H4,55,56,59)(H4,57,58,60)/t32-,33-/m1/s1. The Morgan fingerprint density at radius 1 is 0.597 bits per heavy atom. The van der Waals surface area contributed by atoms with Gasteiger partial charge in [0, 0.05) is 67.3 Å². The number of guanidine groups is 2. The highest BCUT2D eigenvalue weighted by Crippen LogP contribution is 2.39. The van der Waals surface area contributed by atoms with E-state index in [-0.39, 0.29) is 113 Å². The number of ether oxygens (including phenoxy) is 2. The smallest absolute Gasteiger partial charge is 0.338 e. The molecule has 72 heavy (non-hydrogen) atoms. The number of Topliss-reactive ketones (excluding diaryl/α,β-unsaturated/α-hetero) is 1. The maximum atomic E-state index is 14.5. The Kier molecular flexibility index (Phi) is 25.3. The minimum Gasteiger partial charge on any atom is -0.492 e. The summed E-state index contributed by atoms with van der Waals surface area (Å²) in [4.78, 5) is 57.0. The minimum absolute atomic E-state index is 0.00802. The van der Waals surface area contributed by atoms with Gasteiger partial charge in [-0.2, -0.15) is 0 Å².